The van der Waals surface area contributed by atoms with Gasteiger partial charge >= 0.3 is 0 Å². The van der Waals surface area contributed by atoms with Crippen LogP contribution in [0.2, 0.25) is 10.0 Å². The fourth-order valence-corrected chi connectivity index (χ4v) is 5.25. The van der Waals surface area contributed by atoms with Gasteiger partial charge in [-0.25, -0.2) is 9.97 Å². The van der Waals surface area contributed by atoms with Crippen molar-refractivity contribution in [1.82, 2.24) is 14.5 Å². The van der Waals surface area contributed by atoms with E-state index in [1.807, 2.05) is 30.3 Å². The summed E-state index contributed by atoms with van der Waals surface area (Å²) in [6, 6.07) is 13.8. The first-order valence-corrected chi connectivity index (χ1v) is 11.4. The Morgan fingerprint density at radius 1 is 1.03 bits per heavy atom. The molecule has 4 rings (SSSR count). The van der Waals surface area contributed by atoms with E-state index in [1.54, 1.807) is 17.8 Å². The van der Waals surface area contributed by atoms with Crippen molar-refractivity contribution >= 4 is 62.7 Å². The fourth-order valence-electron chi connectivity index (χ4n) is 3.59. The Morgan fingerprint density at radius 3 is 2.55 bits per heavy atom. The molecule has 0 bridgehead atoms. The molecule has 0 spiro atoms. The topological polar surface area (TPSA) is 56.7 Å². The molecule has 2 aromatic carbocycles. The highest BCUT2D eigenvalue weighted by atomic mass is 35.5. The SMILES string of the molecule is CCc1nc2c(N)nc3ccccc3c2n1CCCCSc1cc(Cl)cc(Cl)c1. The number of para-hydroxylation sites is 1. The molecule has 0 radical (unpaired) electrons. The highest BCUT2D eigenvalue weighted by Crippen LogP contribution is 2.30. The zero-order valence-corrected chi connectivity index (χ0v) is 18.5. The minimum atomic E-state index is 0.501. The van der Waals surface area contributed by atoms with Crippen molar-refractivity contribution in [3.63, 3.8) is 0 Å². The summed E-state index contributed by atoms with van der Waals surface area (Å²) in [4.78, 5) is 10.4. The first kappa shape index (κ1) is 20.3. The van der Waals surface area contributed by atoms with Gasteiger partial charge in [-0.3, -0.25) is 0 Å². The summed E-state index contributed by atoms with van der Waals surface area (Å²) in [6.45, 7) is 3.03. The van der Waals surface area contributed by atoms with Crippen molar-refractivity contribution < 1.29 is 0 Å². The van der Waals surface area contributed by atoms with E-state index in [2.05, 4.69) is 22.5 Å². The van der Waals surface area contributed by atoms with Crippen LogP contribution in [0.4, 0.5) is 5.82 Å². The molecule has 0 saturated carbocycles. The monoisotopic (exact) mass is 444 g/mol. The lowest BCUT2D eigenvalue weighted by Crippen LogP contribution is -2.04. The smallest absolute Gasteiger partial charge is 0.152 e. The van der Waals surface area contributed by atoms with Crippen LogP contribution in [0.25, 0.3) is 21.9 Å². The summed E-state index contributed by atoms with van der Waals surface area (Å²) >= 11 is 13.9. The van der Waals surface area contributed by atoms with Crippen LogP contribution < -0.4 is 5.73 Å². The van der Waals surface area contributed by atoms with Crippen LogP contribution in [0.15, 0.2) is 47.4 Å². The minimum Gasteiger partial charge on any atom is -0.382 e. The van der Waals surface area contributed by atoms with Gasteiger partial charge in [-0.1, -0.05) is 48.3 Å². The molecule has 0 unspecified atom stereocenters. The number of hydrogen-bond acceptors (Lipinski definition) is 4. The minimum absolute atomic E-state index is 0.501. The van der Waals surface area contributed by atoms with E-state index in [1.165, 1.54) is 0 Å². The number of imidazole rings is 1. The second kappa shape index (κ2) is 8.82. The van der Waals surface area contributed by atoms with E-state index in [0.29, 0.717) is 15.9 Å². The molecule has 150 valence electrons. The Hall–Kier alpha value is -1.95. The molecule has 4 nitrogen and oxygen atoms in total. The van der Waals surface area contributed by atoms with Crippen LogP contribution in [0.3, 0.4) is 0 Å². The largest absolute Gasteiger partial charge is 0.382 e. The van der Waals surface area contributed by atoms with Gasteiger partial charge in [0.2, 0.25) is 0 Å². The number of pyridine rings is 1. The maximum absolute atomic E-state index is 6.21. The maximum Gasteiger partial charge on any atom is 0.152 e. The van der Waals surface area contributed by atoms with Crippen molar-refractivity contribution in [2.45, 2.75) is 37.6 Å². The predicted octanol–water partition coefficient (Wildman–Crippen LogP) is 6.61. The van der Waals surface area contributed by atoms with E-state index < -0.39 is 0 Å². The van der Waals surface area contributed by atoms with Crippen molar-refractivity contribution in [2.24, 2.45) is 0 Å². The Labute approximate surface area is 184 Å². The van der Waals surface area contributed by atoms with Gasteiger partial charge < -0.3 is 10.3 Å². The molecule has 4 aromatic rings. The van der Waals surface area contributed by atoms with Gasteiger partial charge in [0.25, 0.3) is 0 Å². The number of benzene rings is 2. The summed E-state index contributed by atoms with van der Waals surface area (Å²) in [5.41, 5.74) is 9.03. The number of aryl methyl sites for hydroxylation is 2. The number of nitrogens with two attached hydrogens (primary N) is 1. The third kappa shape index (κ3) is 4.32. The molecular formula is C22H22Cl2N4S. The molecule has 0 aliphatic rings. The summed E-state index contributed by atoms with van der Waals surface area (Å²) in [6.07, 6.45) is 2.99. The van der Waals surface area contributed by atoms with Gasteiger partial charge in [0.1, 0.15) is 11.3 Å². The van der Waals surface area contributed by atoms with Crippen molar-refractivity contribution in [1.29, 1.82) is 0 Å². The molecule has 7 heteroatoms. The molecule has 0 amide bonds. The highest BCUT2D eigenvalue weighted by Gasteiger charge is 2.16. The predicted molar refractivity (Wildman–Crippen MR) is 125 cm³/mol. The normalized spacial score (nSPS) is 11.6. The highest BCUT2D eigenvalue weighted by molar-refractivity contribution is 7.99. The molecule has 0 saturated heterocycles. The summed E-state index contributed by atoms with van der Waals surface area (Å²) in [5, 5.41) is 2.46. The number of aromatic nitrogens is 3. The lowest BCUT2D eigenvalue weighted by atomic mass is 10.2. The average Bonchev–Trinajstić information content (AvgIpc) is 3.07. The van der Waals surface area contributed by atoms with Crippen LogP contribution in [-0.2, 0) is 13.0 Å². The molecule has 2 N–H and O–H groups in total. The van der Waals surface area contributed by atoms with Gasteiger partial charge in [-0.2, -0.15) is 0 Å². The zero-order chi connectivity index (χ0) is 20.4. The fraction of sp³-hybridized carbons (Fsp3) is 0.273. The van der Waals surface area contributed by atoms with E-state index in [9.17, 15) is 0 Å². The van der Waals surface area contributed by atoms with Gasteiger partial charge in [0, 0.05) is 33.3 Å². The molecule has 0 atom stereocenters. The van der Waals surface area contributed by atoms with Crippen molar-refractivity contribution in [3.05, 3.63) is 58.3 Å². The number of fused-ring (bicyclic) bond motifs is 3. The Balaban J connectivity index is 1.51. The lowest BCUT2D eigenvalue weighted by molar-refractivity contribution is 0.623. The second-order valence-corrected chi connectivity index (χ2v) is 8.95. The number of anilines is 1. The Bertz CT molecular complexity index is 1150. The Kier molecular flexibility index (Phi) is 6.18. The quantitative estimate of drug-likeness (QED) is 0.257. The van der Waals surface area contributed by atoms with Crippen LogP contribution in [0, 0.1) is 0 Å². The summed E-state index contributed by atoms with van der Waals surface area (Å²) < 4.78 is 2.32. The van der Waals surface area contributed by atoms with Crippen LogP contribution >= 0.6 is 35.0 Å². The van der Waals surface area contributed by atoms with Crippen LogP contribution in [-0.4, -0.2) is 20.3 Å². The first-order chi connectivity index (χ1) is 14.1. The van der Waals surface area contributed by atoms with Gasteiger partial charge in [-0.15, -0.1) is 11.8 Å². The van der Waals surface area contributed by atoms with E-state index in [4.69, 9.17) is 33.9 Å². The Morgan fingerprint density at radius 2 is 1.79 bits per heavy atom. The number of nitrogens with zero attached hydrogens (tertiary/aromatic N) is 3. The van der Waals surface area contributed by atoms with E-state index in [0.717, 1.165) is 64.2 Å². The lowest BCUT2D eigenvalue weighted by Gasteiger charge is -2.10. The number of rotatable bonds is 7. The number of hydrogen-bond donors (Lipinski definition) is 1. The zero-order valence-electron chi connectivity index (χ0n) is 16.2. The standard InChI is InChI=1S/C22H22Cl2N4S/c1-2-19-27-20-21(17-7-3-4-8-18(17)26-22(20)25)28(19)9-5-6-10-29-16-12-14(23)11-15(24)13-16/h3-4,7-8,11-13H,2,5-6,9-10H2,1H3,(H2,25,26). The van der Waals surface area contributed by atoms with E-state index in [-0.39, 0.29) is 0 Å². The van der Waals surface area contributed by atoms with Crippen LogP contribution in [0.1, 0.15) is 25.6 Å². The molecule has 0 aliphatic heterocycles. The average molecular weight is 445 g/mol. The van der Waals surface area contributed by atoms with Gasteiger partial charge in [0.05, 0.1) is 11.0 Å². The van der Waals surface area contributed by atoms with Gasteiger partial charge in [-0.05, 0) is 42.9 Å². The van der Waals surface area contributed by atoms with Crippen molar-refractivity contribution in [2.75, 3.05) is 11.5 Å². The molecular weight excluding hydrogens is 423 g/mol. The third-order valence-electron chi connectivity index (χ3n) is 4.89. The van der Waals surface area contributed by atoms with Crippen molar-refractivity contribution in [3.8, 4) is 0 Å². The number of halogens is 2. The first-order valence-electron chi connectivity index (χ1n) is 9.69. The summed E-state index contributed by atoms with van der Waals surface area (Å²) in [7, 11) is 0. The summed E-state index contributed by atoms with van der Waals surface area (Å²) in [5.74, 6) is 2.56. The molecule has 29 heavy (non-hydrogen) atoms. The molecule has 0 aliphatic carbocycles. The number of thioether (sulfide) groups is 1. The second-order valence-electron chi connectivity index (χ2n) is 6.91. The van der Waals surface area contributed by atoms with E-state index >= 15 is 0 Å². The third-order valence-corrected chi connectivity index (χ3v) is 6.38. The maximum atomic E-state index is 6.21. The van der Waals surface area contributed by atoms with Crippen LogP contribution in [0.5, 0.6) is 0 Å². The molecule has 2 heterocycles. The number of unbranched alkanes of at least 4 members (excludes halogenated alkanes) is 1. The molecule has 0 fully saturated rings. The number of nitrogen functional groups attached to an aromatic ring is 1. The molecule has 2 aromatic heterocycles. The van der Waals surface area contributed by atoms with Gasteiger partial charge in [0.15, 0.2) is 5.82 Å².